The van der Waals surface area contributed by atoms with Crippen LogP contribution in [0.3, 0.4) is 0 Å². The van der Waals surface area contributed by atoms with Crippen molar-refractivity contribution >= 4 is 11.9 Å². The molecule has 7 heteroatoms. The lowest BCUT2D eigenvalue weighted by atomic mass is 10.0. The van der Waals surface area contributed by atoms with E-state index in [0.717, 1.165) is 16.7 Å². The second-order valence-electron chi connectivity index (χ2n) is 7.51. The summed E-state index contributed by atoms with van der Waals surface area (Å²) in [5.41, 5.74) is 4.51. The van der Waals surface area contributed by atoms with E-state index in [1.54, 1.807) is 12.1 Å². The largest absolute Gasteiger partial charge is 0.454 e. The average molecular weight is 407 g/mol. The fourth-order valence-electron chi connectivity index (χ4n) is 3.00. The highest BCUT2D eigenvalue weighted by atomic mass is 16.6. The number of aryl methyl sites for hydroxylation is 2. The van der Waals surface area contributed by atoms with Crippen LogP contribution in [-0.2, 0) is 16.1 Å². The van der Waals surface area contributed by atoms with E-state index in [1.807, 2.05) is 44.2 Å². The molecule has 7 nitrogen and oxygen atoms in total. The Morgan fingerprint density at radius 1 is 1.07 bits per heavy atom. The SMILES string of the molecule is Cc1cc(C)cc(C(=O)NCC(=O)OCc2nc(-c3ccc(C(C)C)cc3)no2)c1. The second-order valence-corrected chi connectivity index (χ2v) is 7.51. The molecule has 0 saturated heterocycles. The number of aromatic nitrogens is 2. The van der Waals surface area contributed by atoms with Gasteiger partial charge in [0.15, 0.2) is 6.61 Å². The molecular weight excluding hydrogens is 382 g/mol. The number of carbonyl (C=O) groups is 2. The summed E-state index contributed by atoms with van der Waals surface area (Å²) >= 11 is 0. The molecule has 3 rings (SSSR count). The summed E-state index contributed by atoms with van der Waals surface area (Å²) in [6.07, 6.45) is 0. The van der Waals surface area contributed by atoms with Gasteiger partial charge in [0.1, 0.15) is 6.54 Å². The average Bonchev–Trinajstić information content (AvgIpc) is 3.19. The Hall–Kier alpha value is -3.48. The lowest BCUT2D eigenvalue weighted by Gasteiger charge is -2.07. The molecule has 156 valence electrons. The molecule has 0 atom stereocenters. The van der Waals surface area contributed by atoms with Crippen molar-refractivity contribution in [1.82, 2.24) is 15.5 Å². The Morgan fingerprint density at radius 2 is 1.73 bits per heavy atom. The fourth-order valence-corrected chi connectivity index (χ4v) is 3.00. The minimum atomic E-state index is -0.589. The topological polar surface area (TPSA) is 94.3 Å². The van der Waals surface area contributed by atoms with Crippen LogP contribution in [0.15, 0.2) is 47.0 Å². The Labute approximate surface area is 175 Å². The maximum absolute atomic E-state index is 12.2. The molecule has 0 saturated carbocycles. The Bertz CT molecular complexity index is 1020. The van der Waals surface area contributed by atoms with Crippen LogP contribution in [0, 0.1) is 13.8 Å². The van der Waals surface area contributed by atoms with Gasteiger partial charge in [-0.2, -0.15) is 4.98 Å². The zero-order valence-electron chi connectivity index (χ0n) is 17.6. The van der Waals surface area contributed by atoms with Crippen LogP contribution >= 0.6 is 0 Å². The number of carbonyl (C=O) groups excluding carboxylic acids is 2. The Balaban J connectivity index is 1.50. The van der Waals surface area contributed by atoms with Crippen LogP contribution < -0.4 is 5.32 Å². The summed E-state index contributed by atoms with van der Waals surface area (Å²) in [6.45, 7) is 7.67. The van der Waals surface area contributed by atoms with E-state index >= 15 is 0 Å². The third-order valence-electron chi connectivity index (χ3n) is 4.54. The maximum Gasteiger partial charge on any atom is 0.325 e. The van der Waals surface area contributed by atoms with Crippen LogP contribution in [0.5, 0.6) is 0 Å². The van der Waals surface area contributed by atoms with E-state index in [9.17, 15) is 9.59 Å². The van der Waals surface area contributed by atoms with Gasteiger partial charge in [-0.3, -0.25) is 9.59 Å². The van der Waals surface area contributed by atoms with E-state index in [1.165, 1.54) is 5.56 Å². The molecular formula is C23H25N3O4. The van der Waals surface area contributed by atoms with Crippen LogP contribution in [-0.4, -0.2) is 28.6 Å². The first-order valence-corrected chi connectivity index (χ1v) is 9.77. The predicted molar refractivity (Wildman–Crippen MR) is 112 cm³/mol. The molecule has 0 bridgehead atoms. The standard InChI is InChI=1S/C23H25N3O4/c1-14(2)17-5-7-18(8-6-17)22-25-20(30-26-22)13-29-21(27)12-24-23(28)19-10-15(3)9-16(4)11-19/h5-11,14H,12-13H2,1-4H3,(H,24,28). The molecule has 0 unspecified atom stereocenters. The first-order valence-electron chi connectivity index (χ1n) is 9.77. The Morgan fingerprint density at radius 3 is 2.37 bits per heavy atom. The molecule has 1 aromatic heterocycles. The number of rotatable bonds is 7. The normalized spacial score (nSPS) is 10.8. The monoisotopic (exact) mass is 407 g/mol. The van der Waals surface area contributed by atoms with Crippen molar-refractivity contribution < 1.29 is 18.8 Å². The minimum Gasteiger partial charge on any atom is -0.454 e. The predicted octanol–water partition coefficient (Wildman–Crippen LogP) is 3.95. The van der Waals surface area contributed by atoms with E-state index in [4.69, 9.17) is 9.26 Å². The molecule has 1 heterocycles. The van der Waals surface area contributed by atoms with Crippen LogP contribution in [0.1, 0.15) is 52.7 Å². The van der Waals surface area contributed by atoms with Gasteiger partial charge >= 0.3 is 5.97 Å². The van der Waals surface area contributed by atoms with Gasteiger partial charge in [0, 0.05) is 11.1 Å². The van der Waals surface area contributed by atoms with Gasteiger partial charge in [-0.05, 0) is 37.5 Å². The zero-order valence-corrected chi connectivity index (χ0v) is 17.6. The number of nitrogens with one attached hydrogen (secondary N) is 1. The lowest BCUT2D eigenvalue weighted by Crippen LogP contribution is -2.30. The molecule has 0 radical (unpaired) electrons. The van der Waals surface area contributed by atoms with E-state index in [-0.39, 0.29) is 24.9 Å². The molecule has 0 aliphatic heterocycles. The van der Waals surface area contributed by atoms with Gasteiger partial charge in [-0.25, -0.2) is 0 Å². The van der Waals surface area contributed by atoms with E-state index in [2.05, 4.69) is 29.3 Å². The molecule has 0 aliphatic rings. The molecule has 3 aromatic rings. The number of hydrogen-bond acceptors (Lipinski definition) is 6. The van der Waals surface area contributed by atoms with E-state index in [0.29, 0.717) is 17.3 Å². The van der Waals surface area contributed by atoms with Crippen molar-refractivity contribution in [3.05, 3.63) is 70.6 Å². The zero-order chi connectivity index (χ0) is 21.7. The number of esters is 1. The number of nitrogens with zero attached hydrogens (tertiary/aromatic N) is 2. The number of amides is 1. The fraction of sp³-hybridized carbons (Fsp3) is 0.304. The van der Waals surface area contributed by atoms with Crippen molar-refractivity contribution in [2.24, 2.45) is 0 Å². The quantitative estimate of drug-likeness (QED) is 0.596. The number of benzene rings is 2. The molecule has 1 amide bonds. The van der Waals surface area contributed by atoms with E-state index < -0.39 is 5.97 Å². The molecule has 0 spiro atoms. The summed E-state index contributed by atoms with van der Waals surface area (Å²) < 4.78 is 10.3. The van der Waals surface area contributed by atoms with Crippen LogP contribution in [0.4, 0.5) is 0 Å². The summed E-state index contributed by atoms with van der Waals surface area (Å²) in [7, 11) is 0. The van der Waals surface area contributed by atoms with Crippen molar-refractivity contribution in [3.63, 3.8) is 0 Å². The van der Waals surface area contributed by atoms with Gasteiger partial charge in [0.2, 0.25) is 5.82 Å². The number of ether oxygens (including phenoxy) is 1. The first-order chi connectivity index (χ1) is 14.3. The summed E-state index contributed by atoms with van der Waals surface area (Å²) in [5.74, 6) is 0.138. The highest BCUT2D eigenvalue weighted by molar-refractivity contribution is 5.96. The molecule has 0 fully saturated rings. The third kappa shape index (κ3) is 5.53. The molecule has 0 aliphatic carbocycles. The smallest absolute Gasteiger partial charge is 0.325 e. The second kappa shape index (κ2) is 9.35. The first kappa shape index (κ1) is 21.2. The highest BCUT2D eigenvalue weighted by Crippen LogP contribution is 2.20. The van der Waals surface area contributed by atoms with Gasteiger partial charge < -0.3 is 14.6 Å². The molecule has 2 aromatic carbocycles. The summed E-state index contributed by atoms with van der Waals surface area (Å²) in [4.78, 5) is 28.4. The number of hydrogen-bond donors (Lipinski definition) is 1. The van der Waals surface area contributed by atoms with Gasteiger partial charge in [-0.15, -0.1) is 0 Å². The van der Waals surface area contributed by atoms with Gasteiger partial charge in [0.05, 0.1) is 0 Å². The van der Waals surface area contributed by atoms with Crippen molar-refractivity contribution in [1.29, 1.82) is 0 Å². The molecule has 30 heavy (non-hydrogen) atoms. The molecule has 1 N–H and O–H groups in total. The Kier molecular flexibility index (Phi) is 6.61. The van der Waals surface area contributed by atoms with Gasteiger partial charge in [-0.1, -0.05) is 60.5 Å². The highest BCUT2D eigenvalue weighted by Gasteiger charge is 2.13. The maximum atomic E-state index is 12.2. The lowest BCUT2D eigenvalue weighted by molar-refractivity contribution is -0.144. The van der Waals surface area contributed by atoms with Crippen molar-refractivity contribution in [2.75, 3.05) is 6.54 Å². The van der Waals surface area contributed by atoms with Crippen molar-refractivity contribution in [2.45, 2.75) is 40.2 Å². The van der Waals surface area contributed by atoms with Crippen LogP contribution in [0.25, 0.3) is 11.4 Å². The van der Waals surface area contributed by atoms with Crippen molar-refractivity contribution in [3.8, 4) is 11.4 Å². The minimum absolute atomic E-state index is 0.157. The third-order valence-corrected chi connectivity index (χ3v) is 4.54. The van der Waals surface area contributed by atoms with Gasteiger partial charge in [0.25, 0.3) is 11.8 Å². The summed E-state index contributed by atoms with van der Waals surface area (Å²) in [5, 5.41) is 6.48. The van der Waals surface area contributed by atoms with Crippen LogP contribution in [0.2, 0.25) is 0 Å². The summed E-state index contributed by atoms with van der Waals surface area (Å²) in [6, 6.07) is 13.4.